The highest BCUT2D eigenvalue weighted by molar-refractivity contribution is 6.06. The zero-order valence-corrected chi connectivity index (χ0v) is 17.3. The van der Waals surface area contributed by atoms with Gasteiger partial charge < -0.3 is 9.80 Å². The summed E-state index contributed by atoms with van der Waals surface area (Å²) in [4.78, 5) is 53.2. The van der Waals surface area contributed by atoms with Crippen LogP contribution < -0.4 is 5.32 Å². The number of imide groups is 1. The molecule has 31 heavy (non-hydrogen) atoms. The van der Waals surface area contributed by atoms with Crippen molar-refractivity contribution >= 4 is 23.6 Å². The van der Waals surface area contributed by atoms with Crippen molar-refractivity contribution in [2.24, 2.45) is 0 Å². The van der Waals surface area contributed by atoms with E-state index in [-0.39, 0.29) is 36.7 Å². The summed E-state index contributed by atoms with van der Waals surface area (Å²) in [6.07, 6.45) is 1.35. The van der Waals surface area contributed by atoms with Gasteiger partial charge >= 0.3 is 0 Å². The lowest BCUT2D eigenvalue weighted by Gasteiger charge is -2.35. The van der Waals surface area contributed by atoms with Gasteiger partial charge in [-0.2, -0.15) is 0 Å². The lowest BCUT2D eigenvalue weighted by Crippen LogP contribution is -2.52. The minimum absolute atomic E-state index is 0.0586. The average molecular weight is 417 g/mol. The Morgan fingerprint density at radius 1 is 1.00 bits per heavy atom. The summed E-state index contributed by atoms with van der Waals surface area (Å²) in [5, 5.41) is 2.31. The monoisotopic (exact) mass is 417 g/mol. The van der Waals surface area contributed by atoms with E-state index in [0.29, 0.717) is 24.1 Å². The number of carbonyl (C=O) groups excluding carboxylic acids is 4. The minimum Gasteiger partial charge on any atom is -0.331 e. The van der Waals surface area contributed by atoms with Crippen molar-refractivity contribution in [2.75, 3.05) is 0 Å². The second kappa shape index (κ2) is 7.34. The molecule has 5 rings (SSSR count). The summed E-state index contributed by atoms with van der Waals surface area (Å²) in [6, 6.07) is 12.7. The fourth-order valence-corrected chi connectivity index (χ4v) is 4.82. The van der Waals surface area contributed by atoms with E-state index in [2.05, 4.69) is 24.4 Å². The molecule has 2 aromatic carbocycles. The van der Waals surface area contributed by atoms with E-state index in [4.69, 9.17) is 0 Å². The van der Waals surface area contributed by atoms with Crippen LogP contribution in [0.1, 0.15) is 57.2 Å². The van der Waals surface area contributed by atoms with E-state index in [9.17, 15) is 19.2 Å². The molecule has 3 heterocycles. The number of hydrogen-bond acceptors (Lipinski definition) is 4. The topological polar surface area (TPSA) is 86.8 Å². The summed E-state index contributed by atoms with van der Waals surface area (Å²) in [6.45, 7) is 2.88. The van der Waals surface area contributed by atoms with Gasteiger partial charge in [0.1, 0.15) is 6.04 Å². The number of hydrogen-bond donors (Lipinski definition) is 1. The first kappa shape index (κ1) is 19.5. The second-order valence-electron chi connectivity index (χ2n) is 8.53. The molecule has 3 aliphatic rings. The summed E-state index contributed by atoms with van der Waals surface area (Å²) in [5.74, 6) is -1.04. The van der Waals surface area contributed by atoms with Crippen molar-refractivity contribution in [1.82, 2.24) is 15.1 Å². The third-order valence-corrected chi connectivity index (χ3v) is 6.54. The van der Waals surface area contributed by atoms with E-state index in [1.165, 1.54) is 10.5 Å². The molecule has 1 fully saturated rings. The highest BCUT2D eigenvalue weighted by atomic mass is 16.2. The average Bonchev–Trinajstić information content (AvgIpc) is 3.08. The van der Waals surface area contributed by atoms with Crippen LogP contribution in [0.3, 0.4) is 0 Å². The lowest BCUT2D eigenvalue weighted by atomic mass is 9.94. The zero-order chi connectivity index (χ0) is 21.7. The normalized spacial score (nSPS) is 22.8. The van der Waals surface area contributed by atoms with Gasteiger partial charge in [-0.1, -0.05) is 24.3 Å². The first-order valence-electron chi connectivity index (χ1n) is 10.6. The molecule has 0 radical (unpaired) electrons. The summed E-state index contributed by atoms with van der Waals surface area (Å²) < 4.78 is 0. The largest absolute Gasteiger partial charge is 0.331 e. The zero-order valence-electron chi connectivity index (χ0n) is 17.3. The number of nitrogens with one attached hydrogen (secondary N) is 1. The van der Waals surface area contributed by atoms with Gasteiger partial charge in [-0.05, 0) is 54.7 Å². The van der Waals surface area contributed by atoms with Crippen molar-refractivity contribution in [3.63, 3.8) is 0 Å². The molecule has 0 saturated carbocycles. The number of rotatable bonds is 2. The Balaban J connectivity index is 1.37. The smallest absolute Gasteiger partial charge is 0.255 e. The Kier molecular flexibility index (Phi) is 4.61. The Morgan fingerprint density at radius 2 is 1.77 bits per heavy atom. The van der Waals surface area contributed by atoms with Crippen LogP contribution in [-0.4, -0.2) is 45.5 Å². The van der Waals surface area contributed by atoms with Crippen LogP contribution in [0.15, 0.2) is 42.5 Å². The molecule has 2 atom stereocenters. The van der Waals surface area contributed by atoms with E-state index < -0.39 is 11.9 Å². The molecule has 4 amide bonds. The second-order valence-corrected chi connectivity index (χ2v) is 8.53. The fourth-order valence-electron chi connectivity index (χ4n) is 4.82. The molecule has 2 aromatic rings. The van der Waals surface area contributed by atoms with Crippen molar-refractivity contribution in [3.8, 4) is 0 Å². The van der Waals surface area contributed by atoms with Crippen LogP contribution in [0, 0.1) is 0 Å². The summed E-state index contributed by atoms with van der Waals surface area (Å²) >= 11 is 0. The molecule has 3 aliphatic heterocycles. The predicted octanol–water partition coefficient (Wildman–Crippen LogP) is 2.03. The van der Waals surface area contributed by atoms with E-state index >= 15 is 0 Å². The van der Waals surface area contributed by atoms with Gasteiger partial charge in [0.05, 0.1) is 0 Å². The van der Waals surface area contributed by atoms with Crippen LogP contribution in [0.2, 0.25) is 0 Å². The number of piperidine rings is 1. The maximum absolute atomic E-state index is 13.3. The minimum atomic E-state index is -0.657. The Hall–Kier alpha value is -3.48. The molecule has 1 unspecified atom stereocenters. The third kappa shape index (κ3) is 3.30. The van der Waals surface area contributed by atoms with Crippen LogP contribution in [-0.2, 0) is 29.1 Å². The van der Waals surface area contributed by atoms with Crippen molar-refractivity contribution in [3.05, 3.63) is 70.3 Å². The number of amides is 4. The van der Waals surface area contributed by atoms with Gasteiger partial charge in [-0.25, -0.2) is 0 Å². The molecule has 1 N–H and O–H groups in total. The molecule has 0 bridgehead atoms. The number of benzene rings is 2. The van der Waals surface area contributed by atoms with Crippen molar-refractivity contribution in [1.29, 1.82) is 0 Å². The first-order chi connectivity index (χ1) is 14.9. The number of carbonyl (C=O) groups is 4. The number of nitrogens with zero attached hydrogens (tertiary/aromatic N) is 2. The van der Waals surface area contributed by atoms with Crippen molar-refractivity contribution in [2.45, 2.75) is 51.4 Å². The standard InChI is InChI=1S/C24H23N3O4/c1-14-10-15-4-2-3-5-17(15)12-26(14)23(30)16-6-7-19-18(11-16)13-27(24(19)31)20-8-9-21(28)25-22(20)29/h2-7,11,14,20H,8-10,12-13H2,1H3,(H,25,28,29)/t14-,20?/m0/s1. The van der Waals surface area contributed by atoms with Gasteiger partial charge in [0, 0.05) is 36.7 Å². The number of fused-ring (bicyclic) bond motifs is 2. The van der Waals surface area contributed by atoms with Crippen LogP contribution in [0.4, 0.5) is 0 Å². The third-order valence-electron chi connectivity index (χ3n) is 6.54. The van der Waals surface area contributed by atoms with Crippen LogP contribution in [0.5, 0.6) is 0 Å². The van der Waals surface area contributed by atoms with E-state index in [1.54, 1.807) is 18.2 Å². The maximum atomic E-state index is 13.3. The summed E-state index contributed by atoms with van der Waals surface area (Å²) in [5.41, 5.74) is 4.24. The molecular formula is C24H23N3O4. The van der Waals surface area contributed by atoms with E-state index in [1.807, 2.05) is 17.0 Å². The molecule has 1 saturated heterocycles. The van der Waals surface area contributed by atoms with Gasteiger partial charge in [-0.3, -0.25) is 24.5 Å². The fraction of sp³-hybridized carbons (Fsp3) is 0.333. The lowest BCUT2D eigenvalue weighted by molar-refractivity contribution is -0.136. The first-order valence-corrected chi connectivity index (χ1v) is 10.6. The van der Waals surface area contributed by atoms with Crippen molar-refractivity contribution < 1.29 is 19.2 Å². The molecule has 7 nitrogen and oxygen atoms in total. The SMILES string of the molecule is C[C@H]1Cc2ccccc2CN1C(=O)c1ccc2c(c1)CN(C1CCC(=O)NC1=O)C2=O. The maximum Gasteiger partial charge on any atom is 0.255 e. The quantitative estimate of drug-likeness (QED) is 0.758. The van der Waals surface area contributed by atoms with Gasteiger partial charge in [-0.15, -0.1) is 0 Å². The highest BCUT2D eigenvalue weighted by Gasteiger charge is 2.39. The molecular weight excluding hydrogens is 394 g/mol. The molecule has 0 aliphatic carbocycles. The molecule has 7 heteroatoms. The Bertz CT molecular complexity index is 1130. The predicted molar refractivity (Wildman–Crippen MR) is 112 cm³/mol. The molecule has 0 aromatic heterocycles. The van der Waals surface area contributed by atoms with Crippen LogP contribution >= 0.6 is 0 Å². The highest BCUT2D eigenvalue weighted by Crippen LogP contribution is 2.30. The molecule has 0 spiro atoms. The van der Waals surface area contributed by atoms with Gasteiger partial charge in [0.2, 0.25) is 11.8 Å². The van der Waals surface area contributed by atoms with Gasteiger partial charge in [0.15, 0.2) is 0 Å². The Labute approximate surface area is 180 Å². The van der Waals surface area contributed by atoms with E-state index in [0.717, 1.165) is 17.5 Å². The van der Waals surface area contributed by atoms with Gasteiger partial charge in [0.25, 0.3) is 11.8 Å². The molecule has 158 valence electrons. The Morgan fingerprint density at radius 3 is 2.55 bits per heavy atom. The van der Waals surface area contributed by atoms with Crippen LogP contribution in [0.25, 0.3) is 0 Å². The summed E-state index contributed by atoms with van der Waals surface area (Å²) in [7, 11) is 0.